The molecule has 0 saturated carbocycles. The molecule has 1 aromatic heterocycles. The number of hydrogen-bond donors (Lipinski definition) is 3. The van der Waals surface area contributed by atoms with Crippen LogP contribution in [-0.4, -0.2) is 16.0 Å². The number of amidine groups is 1. The van der Waals surface area contributed by atoms with Crippen LogP contribution in [-0.2, 0) is 13.1 Å². The van der Waals surface area contributed by atoms with Gasteiger partial charge in [0.15, 0.2) is 5.84 Å². The third-order valence-electron chi connectivity index (χ3n) is 3.07. The highest BCUT2D eigenvalue weighted by Crippen LogP contribution is 2.18. The van der Waals surface area contributed by atoms with Crippen molar-refractivity contribution >= 4 is 17.4 Å². The Bertz CT molecular complexity index is 641. The summed E-state index contributed by atoms with van der Waals surface area (Å²) in [5, 5.41) is 15.5. The molecule has 4 N–H and O–H groups in total. The van der Waals surface area contributed by atoms with Gasteiger partial charge < -0.3 is 16.3 Å². The van der Waals surface area contributed by atoms with Crippen molar-refractivity contribution in [3.8, 4) is 0 Å². The fraction of sp³-hybridized carbons (Fsp3) is 0.200. The van der Waals surface area contributed by atoms with Gasteiger partial charge in [0.2, 0.25) is 0 Å². The van der Waals surface area contributed by atoms with Crippen LogP contribution in [0.15, 0.2) is 41.7 Å². The Morgan fingerprint density at radius 1 is 1.33 bits per heavy atom. The first-order chi connectivity index (χ1) is 10.1. The topological polar surface area (TPSA) is 83.5 Å². The average molecular weight is 305 g/mol. The van der Waals surface area contributed by atoms with Crippen LogP contribution in [0, 0.1) is 6.92 Å². The summed E-state index contributed by atoms with van der Waals surface area (Å²) >= 11 is 6.19. The maximum Gasteiger partial charge on any atom is 0.170 e. The van der Waals surface area contributed by atoms with Gasteiger partial charge >= 0.3 is 0 Å². The summed E-state index contributed by atoms with van der Waals surface area (Å²) in [5.41, 5.74) is 9.18. The van der Waals surface area contributed by atoms with Crippen LogP contribution < -0.4 is 11.1 Å². The van der Waals surface area contributed by atoms with E-state index in [2.05, 4.69) is 15.5 Å². The fourth-order valence-electron chi connectivity index (χ4n) is 1.85. The van der Waals surface area contributed by atoms with Crippen molar-refractivity contribution in [3.05, 3.63) is 63.9 Å². The zero-order valence-corrected chi connectivity index (χ0v) is 12.4. The second-order valence-electron chi connectivity index (χ2n) is 4.70. The highest BCUT2D eigenvalue weighted by Gasteiger charge is 2.05. The van der Waals surface area contributed by atoms with Crippen molar-refractivity contribution in [2.45, 2.75) is 20.0 Å². The number of nitrogens with one attached hydrogen (secondary N) is 1. The van der Waals surface area contributed by atoms with Crippen LogP contribution in [0.4, 0.5) is 0 Å². The maximum atomic E-state index is 8.64. The van der Waals surface area contributed by atoms with E-state index in [0.717, 1.165) is 16.8 Å². The Kier molecular flexibility index (Phi) is 5.14. The van der Waals surface area contributed by atoms with Gasteiger partial charge in [0.05, 0.1) is 0 Å². The predicted octanol–water partition coefficient (Wildman–Crippen LogP) is 2.43. The van der Waals surface area contributed by atoms with E-state index >= 15 is 0 Å². The summed E-state index contributed by atoms with van der Waals surface area (Å²) in [4.78, 5) is 4.25. The largest absolute Gasteiger partial charge is 0.409 e. The molecule has 2 aromatic rings. The van der Waals surface area contributed by atoms with E-state index in [1.165, 1.54) is 0 Å². The molecule has 0 unspecified atom stereocenters. The first-order valence-corrected chi connectivity index (χ1v) is 6.86. The summed E-state index contributed by atoms with van der Waals surface area (Å²) < 4.78 is 0. The molecule has 2 rings (SSSR count). The number of pyridine rings is 1. The van der Waals surface area contributed by atoms with Gasteiger partial charge in [0.1, 0.15) is 0 Å². The molecule has 0 saturated heterocycles. The highest BCUT2D eigenvalue weighted by molar-refractivity contribution is 6.31. The second-order valence-corrected chi connectivity index (χ2v) is 5.11. The van der Waals surface area contributed by atoms with E-state index < -0.39 is 0 Å². The Hall–Kier alpha value is -2.11. The van der Waals surface area contributed by atoms with Crippen molar-refractivity contribution in [3.63, 3.8) is 0 Å². The smallest absolute Gasteiger partial charge is 0.170 e. The molecule has 0 radical (unpaired) electrons. The minimum absolute atomic E-state index is 0.0436. The maximum absolute atomic E-state index is 8.64. The molecule has 0 aliphatic rings. The molecule has 5 nitrogen and oxygen atoms in total. The molecule has 6 heteroatoms. The number of aromatic nitrogens is 1. The molecule has 0 amide bonds. The predicted molar refractivity (Wildman–Crippen MR) is 83.5 cm³/mol. The molecule has 0 spiro atoms. The molecule has 0 aliphatic carbocycles. The molecule has 1 heterocycles. The number of halogens is 1. The van der Waals surface area contributed by atoms with Crippen LogP contribution in [0.1, 0.15) is 22.4 Å². The van der Waals surface area contributed by atoms with Gasteiger partial charge in [-0.1, -0.05) is 35.0 Å². The Morgan fingerprint density at radius 2 is 2.14 bits per heavy atom. The van der Waals surface area contributed by atoms with Crippen LogP contribution in [0.25, 0.3) is 0 Å². The molecule has 0 bridgehead atoms. The number of oxime groups is 1. The van der Waals surface area contributed by atoms with Gasteiger partial charge in [-0.25, -0.2) is 0 Å². The van der Waals surface area contributed by atoms with Crippen LogP contribution in [0.2, 0.25) is 5.02 Å². The van der Waals surface area contributed by atoms with Gasteiger partial charge in [-0.05, 0) is 30.2 Å². The van der Waals surface area contributed by atoms with Gasteiger partial charge in [-0.2, -0.15) is 0 Å². The number of benzene rings is 1. The number of aryl methyl sites for hydroxylation is 1. The number of rotatable bonds is 5. The van der Waals surface area contributed by atoms with Crippen molar-refractivity contribution in [1.82, 2.24) is 10.3 Å². The first-order valence-electron chi connectivity index (χ1n) is 6.48. The van der Waals surface area contributed by atoms with E-state index in [4.69, 9.17) is 22.5 Å². The minimum Gasteiger partial charge on any atom is -0.409 e. The van der Waals surface area contributed by atoms with E-state index in [1.54, 1.807) is 12.1 Å². The Labute approximate surface area is 128 Å². The Balaban J connectivity index is 1.96. The summed E-state index contributed by atoms with van der Waals surface area (Å²) in [5.74, 6) is 0.0436. The monoisotopic (exact) mass is 304 g/mol. The SMILES string of the molecule is Cc1ccc(CNCc2ccc(/C(N)=N/O)cc2Cl)cn1. The summed E-state index contributed by atoms with van der Waals surface area (Å²) in [6.07, 6.45) is 1.85. The van der Waals surface area contributed by atoms with Crippen molar-refractivity contribution in [2.24, 2.45) is 10.9 Å². The third-order valence-corrected chi connectivity index (χ3v) is 3.43. The Morgan fingerprint density at radius 3 is 2.76 bits per heavy atom. The van der Waals surface area contributed by atoms with Gasteiger partial charge in [-0.3, -0.25) is 4.98 Å². The lowest BCUT2D eigenvalue weighted by Gasteiger charge is -2.08. The van der Waals surface area contributed by atoms with E-state index in [0.29, 0.717) is 23.7 Å². The number of hydrogen-bond acceptors (Lipinski definition) is 4. The van der Waals surface area contributed by atoms with Gasteiger partial charge in [0.25, 0.3) is 0 Å². The van der Waals surface area contributed by atoms with Crippen LogP contribution in [0.3, 0.4) is 0 Å². The number of nitrogens with two attached hydrogens (primary N) is 1. The fourth-order valence-corrected chi connectivity index (χ4v) is 2.10. The summed E-state index contributed by atoms with van der Waals surface area (Å²) in [6, 6.07) is 9.33. The van der Waals surface area contributed by atoms with Crippen molar-refractivity contribution in [2.75, 3.05) is 0 Å². The van der Waals surface area contributed by atoms with Gasteiger partial charge in [-0.15, -0.1) is 0 Å². The van der Waals surface area contributed by atoms with E-state index in [9.17, 15) is 0 Å². The van der Waals surface area contributed by atoms with Crippen LogP contribution in [0.5, 0.6) is 0 Å². The van der Waals surface area contributed by atoms with E-state index in [1.807, 2.05) is 31.3 Å². The lowest BCUT2D eigenvalue weighted by atomic mass is 10.1. The zero-order chi connectivity index (χ0) is 15.2. The molecule has 110 valence electrons. The van der Waals surface area contributed by atoms with E-state index in [-0.39, 0.29) is 5.84 Å². The van der Waals surface area contributed by atoms with Crippen molar-refractivity contribution < 1.29 is 5.21 Å². The number of nitrogens with zero attached hydrogens (tertiary/aromatic N) is 2. The zero-order valence-electron chi connectivity index (χ0n) is 11.7. The molecule has 0 atom stereocenters. The average Bonchev–Trinajstić information content (AvgIpc) is 2.50. The lowest BCUT2D eigenvalue weighted by molar-refractivity contribution is 0.318. The quantitative estimate of drug-likeness (QED) is 0.343. The van der Waals surface area contributed by atoms with Gasteiger partial charge in [0, 0.05) is 35.6 Å². The summed E-state index contributed by atoms with van der Waals surface area (Å²) in [6.45, 7) is 3.30. The molecule has 0 aliphatic heterocycles. The molecule has 21 heavy (non-hydrogen) atoms. The molecule has 1 aromatic carbocycles. The van der Waals surface area contributed by atoms with Crippen molar-refractivity contribution in [1.29, 1.82) is 0 Å². The standard InChI is InChI=1S/C15H17ClN4O/c1-10-2-3-11(8-19-10)7-18-9-13-5-4-12(6-14(13)16)15(17)20-21/h2-6,8,18,21H,7,9H2,1H3,(H2,17,20). The second kappa shape index (κ2) is 7.06. The molecule has 0 fully saturated rings. The minimum atomic E-state index is 0.0436. The molecular weight excluding hydrogens is 288 g/mol. The normalized spacial score (nSPS) is 11.6. The molecular formula is C15H17ClN4O. The highest BCUT2D eigenvalue weighted by atomic mass is 35.5. The third kappa shape index (κ3) is 4.18. The summed E-state index contributed by atoms with van der Waals surface area (Å²) in [7, 11) is 0. The van der Waals surface area contributed by atoms with Crippen LogP contribution >= 0.6 is 11.6 Å². The first kappa shape index (κ1) is 15.3. The lowest BCUT2D eigenvalue weighted by Crippen LogP contribution is -2.15.